The summed E-state index contributed by atoms with van der Waals surface area (Å²) in [6, 6.07) is 7.07. The zero-order valence-electron chi connectivity index (χ0n) is 17.4. The van der Waals surface area contributed by atoms with Crippen LogP contribution in [0.15, 0.2) is 36.5 Å². The average Bonchev–Trinajstić information content (AvgIpc) is 2.74. The number of pyridine rings is 1. The Labute approximate surface area is 192 Å². The van der Waals surface area contributed by atoms with Crippen LogP contribution in [-0.4, -0.2) is 61.7 Å². The number of nitrogens with zero attached hydrogens (tertiary/aromatic N) is 3. The van der Waals surface area contributed by atoms with E-state index >= 15 is 0 Å². The fourth-order valence-corrected chi connectivity index (χ4v) is 3.66. The molecule has 180 valence electrons. The zero-order valence-corrected chi connectivity index (χ0v) is 18.2. The predicted molar refractivity (Wildman–Crippen MR) is 113 cm³/mol. The standard InChI is InChI=1S/C21H22ClF5N4O2/c22-17-11-15(21(25,26)27)12-29-19(17)31-9-7-30(8-10-31)13-18(32)28-6-5-14-1-3-16(4-2-14)33-20(23)24/h1-4,11-12,20H,5-10,13H2,(H,28,32). The second-order valence-corrected chi connectivity index (χ2v) is 7.82. The summed E-state index contributed by atoms with van der Waals surface area (Å²) in [6.45, 7) is -0.310. The van der Waals surface area contributed by atoms with Crippen molar-refractivity contribution < 1.29 is 31.5 Å². The van der Waals surface area contributed by atoms with Gasteiger partial charge >= 0.3 is 12.8 Å². The maximum absolute atomic E-state index is 12.8. The molecule has 0 saturated carbocycles. The van der Waals surface area contributed by atoms with Gasteiger partial charge in [-0.3, -0.25) is 9.69 Å². The van der Waals surface area contributed by atoms with E-state index in [1.54, 1.807) is 17.0 Å². The van der Waals surface area contributed by atoms with Gasteiger partial charge in [0.15, 0.2) is 0 Å². The molecule has 12 heteroatoms. The number of carbonyl (C=O) groups excluding carboxylic acids is 1. The molecule has 1 amide bonds. The smallest absolute Gasteiger partial charge is 0.417 e. The van der Waals surface area contributed by atoms with Crippen molar-refractivity contribution in [3.05, 3.63) is 52.7 Å². The number of halogens is 6. The number of carbonyl (C=O) groups is 1. The first kappa shape index (κ1) is 25.0. The first-order valence-electron chi connectivity index (χ1n) is 10.1. The fraction of sp³-hybridized carbons (Fsp3) is 0.429. The molecule has 1 N–H and O–H groups in total. The molecule has 0 bridgehead atoms. The van der Waals surface area contributed by atoms with Crippen LogP contribution in [0.3, 0.4) is 0 Å². The Bertz CT molecular complexity index is 935. The quantitative estimate of drug-likeness (QED) is 0.568. The maximum atomic E-state index is 12.8. The van der Waals surface area contributed by atoms with Crippen molar-refractivity contribution in [2.75, 3.05) is 44.2 Å². The third-order valence-electron chi connectivity index (χ3n) is 5.07. The van der Waals surface area contributed by atoms with Crippen LogP contribution in [0, 0.1) is 0 Å². The van der Waals surface area contributed by atoms with Gasteiger partial charge in [-0.25, -0.2) is 4.98 Å². The largest absolute Gasteiger partial charge is 0.435 e. The Morgan fingerprint density at radius 3 is 2.39 bits per heavy atom. The van der Waals surface area contributed by atoms with Crippen molar-refractivity contribution in [2.45, 2.75) is 19.2 Å². The second kappa shape index (κ2) is 11.0. The lowest BCUT2D eigenvalue weighted by Gasteiger charge is -2.35. The van der Waals surface area contributed by atoms with Crippen molar-refractivity contribution in [2.24, 2.45) is 0 Å². The molecule has 1 aromatic carbocycles. The molecule has 3 rings (SSSR count). The summed E-state index contributed by atoms with van der Waals surface area (Å²) in [7, 11) is 0. The van der Waals surface area contributed by atoms with Crippen LogP contribution in [0.2, 0.25) is 5.02 Å². The fourth-order valence-electron chi connectivity index (χ4n) is 3.38. The van der Waals surface area contributed by atoms with Gasteiger partial charge in [0.1, 0.15) is 11.6 Å². The van der Waals surface area contributed by atoms with Gasteiger partial charge < -0.3 is 15.0 Å². The molecule has 0 unspecified atom stereocenters. The van der Waals surface area contributed by atoms with E-state index in [9.17, 15) is 26.7 Å². The van der Waals surface area contributed by atoms with Crippen LogP contribution in [0.25, 0.3) is 0 Å². The summed E-state index contributed by atoms with van der Waals surface area (Å²) < 4.78 is 66.9. The Kier molecular flexibility index (Phi) is 8.30. The number of rotatable bonds is 8. The monoisotopic (exact) mass is 492 g/mol. The number of hydrogen-bond acceptors (Lipinski definition) is 5. The first-order valence-corrected chi connectivity index (χ1v) is 10.5. The molecule has 0 radical (unpaired) electrons. The number of hydrogen-bond donors (Lipinski definition) is 1. The zero-order chi connectivity index (χ0) is 24.0. The van der Waals surface area contributed by atoms with Crippen LogP contribution in [0.5, 0.6) is 5.75 Å². The number of alkyl halides is 5. The van der Waals surface area contributed by atoms with Gasteiger partial charge in [-0.05, 0) is 30.2 Å². The highest BCUT2D eigenvalue weighted by molar-refractivity contribution is 6.33. The minimum atomic E-state index is -4.51. The number of anilines is 1. The lowest BCUT2D eigenvalue weighted by Crippen LogP contribution is -2.50. The van der Waals surface area contributed by atoms with Crippen molar-refractivity contribution in [3.8, 4) is 5.75 Å². The van der Waals surface area contributed by atoms with Crippen LogP contribution in [-0.2, 0) is 17.4 Å². The van der Waals surface area contributed by atoms with Crippen LogP contribution >= 0.6 is 11.6 Å². The van der Waals surface area contributed by atoms with Gasteiger partial charge in [-0.15, -0.1) is 0 Å². The Hall–Kier alpha value is -2.66. The number of piperazine rings is 1. The summed E-state index contributed by atoms with van der Waals surface area (Å²) in [4.78, 5) is 19.8. The summed E-state index contributed by atoms with van der Waals surface area (Å²) in [6.07, 6.45) is -3.21. The van der Waals surface area contributed by atoms with E-state index in [0.717, 1.165) is 17.8 Å². The lowest BCUT2D eigenvalue weighted by molar-refractivity contribution is -0.137. The minimum Gasteiger partial charge on any atom is -0.435 e. The SMILES string of the molecule is O=C(CN1CCN(c2ncc(C(F)(F)F)cc2Cl)CC1)NCCc1ccc(OC(F)F)cc1. The van der Waals surface area contributed by atoms with E-state index in [-0.39, 0.29) is 23.2 Å². The van der Waals surface area contributed by atoms with Crippen LogP contribution in [0.4, 0.5) is 27.8 Å². The van der Waals surface area contributed by atoms with E-state index in [1.807, 2.05) is 4.90 Å². The van der Waals surface area contributed by atoms with Gasteiger partial charge in [-0.2, -0.15) is 22.0 Å². The molecule has 0 atom stereocenters. The molecule has 1 aromatic heterocycles. The molecule has 1 aliphatic rings. The number of nitrogens with one attached hydrogen (secondary N) is 1. The third-order valence-corrected chi connectivity index (χ3v) is 5.35. The third kappa shape index (κ3) is 7.43. The van der Waals surface area contributed by atoms with Crippen molar-refractivity contribution in [1.29, 1.82) is 0 Å². The molecule has 6 nitrogen and oxygen atoms in total. The molecule has 0 aliphatic carbocycles. The van der Waals surface area contributed by atoms with Gasteiger partial charge in [0, 0.05) is 38.9 Å². The van der Waals surface area contributed by atoms with Gasteiger partial charge in [0.05, 0.1) is 17.1 Å². The van der Waals surface area contributed by atoms with E-state index in [0.29, 0.717) is 45.0 Å². The summed E-state index contributed by atoms with van der Waals surface area (Å²) >= 11 is 6.01. The Morgan fingerprint density at radius 2 is 1.82 bits per heavy atom. The first-order chi connectivity index (χ1) is 15.6. The summed E-state index contributed by atoms with van der Waals surface area (Å²) in [5.74, 6) is 0.204. The Morgan fingerprint density at radius 1 is 1.15 bits per heavy atom. The highest BCUT2D eigenvalue weighted by Crippen LogP contribution is 2.33. The van der Waals surface area contributed by atoms with Crippen molar-refractivity contribution in [1.82, 2.24) is 15.2 Å². The second-order valence-electron chi connectivity index (χ2n) is 7.41. The van der Waals surface area contributed by atoms with Gasteiger partial charge in [0.2, 0.25) is 5.91 Å². The molecular weight excluding hydrogens is 471 g/mol. The van der Waals surface area contributed by atoms with Gasteiger partial charge in [-0.1, -0.05) is 23.7 Å². The molecule has 1 fully saturated rings. The van der Waals surface area contributed by atoms with Crippen molar-refractivity contribution in [3.63, 3.8) is 0 Å². The highest BCUT2D eigenvalue weighted by atomic mass is 35.5. The molecule has 1 aliphatic heterocycles. The summed E-state index contributed by atoms with van der Waals surface area (Å²) in [5, 5.41) is 2.75. The Balaban J connectivity index is 1.39. The molecule has 0 spiro atoms. The molecule has 33 heavy (non-hydrogen) atoms. The predicted octanol–water partition coefficient (Wildman–Crippen LogP) is 3.84. The highest BCUT2D eigenvalue weighted by Gasteiger charge is 2.32. The maximum Gasteiger partial charge on any atom is 0.417 e. The molecule has 1 saturated heterocycles. The number of benzene rings is 1. The van der Waals surface area contributed by atoms with Gasteiger partial charge in [0.25, 0.3) is 0 Å². The number of aromatic nitrogens is 1. The average molecular weight is 493 g/mol. The molecule has 2 aromatic rings. The summed E-state index contributed by atoms with van der Waals surface area (Å²) in [5.41, 5.74) is -0.0320. The normalized spacial score (nSPS) is 15.1. The van der Waals surface area contributed by atoms with E-state index in [1.165, 1.54) is 12.1 Å². The lowest BCUT2D eigenvalue weighted by atomic mass is 10.1. The molecular formula is C21H22ClF5N4O2. The molecule has 2 heterocycles. The van der Waals surface area contributed by atoms with Crippen LogP contribution in [0.1, 0.15) is 11.1 Å². The topological polar surface area (TPSA) is 57.7 Å². The van der Waals surface area contributed by atoms with E-state index in [2.05, 4.69) is 15.0 Å². The minimum absolute atomic E-state index is 0.0650. The van der Waals surface area contributed by atoms with E-state index in [4.69, 9.17) is 11.6 Å². The van der Waals surface area contributed by atoms with E-state index < -0.39 is 18.4 Å². The van der Waals surface area contributed by atoms with Crippen molar-refractivity contribution >= 4 is 23.3 Å². The van der Waals surface area contributed by atoms with Crippen LogP contribution < -0.4 is 15.0 Å². The number of ether oxygens (including phenoxy) is 1. The number of amides is 1.